The molecule has 1 aromatic heterocycles. The summed E-state index contributed by atoms with van der Waals surface area (Å²) in [5.41, 5.74) is 6.69. The molecule has 3 amide bonds. The van der Waals surface area contributed by atoms with E-state index in [1.807, 2.05) is 32.7 Å². The molecule has 1 aromatic carbocycles. The first-order valence-corrected chi connectivity index (χ1v) is 21.5. The number of carbonyl (C=O) groups is 3. The van der Waals surface area contributed by atoms with Crippen LogP contribution in [0.15, 0.2) is 29.6 Å². The van der Waals surface area contributed by atoms with Gasteiger partial charge in [0.2, 0.25) is 21.8 Å². The van der Waals surface area contributed by atoms with Crippen molar-refractivity contribution in [3.05, 3.63) is 45.9 Å². The highest BCUT2D eigenvalue weighted by atomic mass is 32.2. The van der Waals surface area contributed by atoms with E-state index < -0.39 is 28.0 Å². The average Bonchev–Trinajstić information content (AvgIpc) is 3.59. The fourth-order valence-electron chi connectivity index (χ4n) is 6.71. The van der Waals surface area contributed by atoms with Crippen molar-refractivity contribution in [1.29, 1.82) is 0 Å². The Kier molecular flexibility index (Phi) is 17.5. The van der Waals surface area contributed by atoms with Crippen molar-refractivity contribution in [2.45, 2.75) is 123 Å². The Bertz CT molecular complexity index is 1530. The number of aromatic nitrogens is 1. The molecule has 5 atom stereocenters. The molecule has 0 unspecified atom stereocenters. The van der Waals surface area contributed by atoms with Gasteiger partial charge >= 0.3 is 0 Å². The number of rotatable bonds is 21. The molecule has 0 bridgehead atoms. The van der Waals surface area contributed by atoms with Crippen LogP contribution in [-0.2, 0) is 30.1 Å². The quantitative estimate of drug-likeness (QED) is 0.0774. The lowest BCUT2D eigenvalue weighted by Crippen LogP contribution is -2.56. The summed E-state index contributed by atoms with van der Waals surface area (Å²) in [6.45, 7) is 13.9. The van der Waals surface area contributed by atoms with Gasteiger partial charge in [-0.25, -0.2) is 18.1 Å². The first-order valence-electron chi connectivity index (χ1n) is 19.0. The Morgan fingerprint density at radius 3 is 2.40 bits per heavy atom. The van der Waals surface area contributed by atoms with Crippen LogP contribution in [-0.4, -0.2) is 79.9 Å². The SMILES string of the molecule is CCCCCCN(C(=O)[C@H](C(=O)N[C@H]1CCCCN1C)[C@@H](C)CC)[C@H](C[C@@H](OCC)c1nc(C(=O)NS(=O)(=O)Cc2ccc(N)cc2)cs1)C(C)C. The molecule has 12 nitrogen and oxygen atoms in total. The van der Waals surface area contributed by atoms with Gasteiger partial charge in [-0.15, -0.1) is 11.3 Å². The van der Waals surface area contributed by atoms with Gasteiger partial charge < -0.3 is 20.7 Å². The normalized spacial score (nSPS) is 17.7. The van der Waals surface area contributed by atoms with E-state index in [4.69, 9.17) is 10.5 Å². The van der Waals surface area contributed by atoms with Crippen LogP contribution in [0.1, 0.15) is 126 Å². The number of amides is 3. The second-order valence-corrected chi connectivity index (χ2v) is 17.1. The van der Waals surface area contributed by atoms with Gasteiger partial charge in [-0.05, 0) is 75.7 Å². The van der Waals surface area contributed by atoms with E-state index in [0.717, 1.165) is 51.5 Å². The average molecular weight is 763 g/mol. The molecule has 1 saturated heterocycles. The number of unbranched alkanes of at least 4 members (excludes halogenated alkanes) is 3. The molecule has 4 N–H and O–H groups in total. The van der Waals surface area contributed by atoms with Crippen LogP contribution in [0.2, 0.25) is 0 Å². The van der Waals surface area contributed by atoms with Gasteiger partial charge in [-0.1, -0.05) is 72.4 Å². The van der Waals surface area contributed by atoms with Crippen LogP contribution in [0.25, 0.3) is 0 Å². The lowest BCUT2D eigenvalue weighted by atomic mass is 9.87. The molecule has 292 valence electrons. The molecule has 2 heterocycles. The van der Waals surface area contributed by atoms with Crippen molar-refractivity contribution in [1.82, 2.24) is 24.8 Å². The number of piperidine rings is 1. The summed E-state index contributed by atoms with van der Waals surface area (Å²) in [4.78, 5) is 50.4. The fraction of sp³-hybridized carbons (Fsp3) is 0.684. The van der Waals surface area contributed by atoms with Gasteiger partial charge in [-0.3, -0.25) is 19.3 Å². The van der Waals surface area contributed by atoms with Crippen LogP contribution in [0, 0.1) is 17.8 Å². The second-order valence-electron chi connectivity index (χ2n) is 14.5. The van der Waals surface area contributed by atoms with Crippen molar-refractivity contribution in [3.8, 4) is 0 Å². The zero-order valence-corrected chi connectivity index (χ0v) is 33.9. The van der Waals surface area contributed by atoms with Crippen LogP contribution in [0.4, 0.5) is 5.69 Å². The highest BCUT2D eigenvalue weighted by Gasteiger charge is 2.40. The van der Waals surface area contributed by atoms with Crippen molar-refractivity contribution in [2.24, 2.45) is 17.8 Å². The molecule has 3 rings (SSSR count). The Labute approximate surface area is 315 Å². The number of anilines is 1. The van der Waals surface area contributed by atoms with Crippen LogP contribution in [0.5, 0.6) is 0 Å². The summed E-state index contributed by atoms with van der Waals surface area (Å²) >= 11 is 1.22. The number of hydrogen-bond acceptors (Lipinski definition) is 10. The molecule has 1 fully saturated rings. The number of hydrogen-bond donors (Lipinski definition) is 3. The van der Waals surface area contributed by atoms with Crippen LogP contribution >= 0.6 is 11.3 Å². The number of carbonyl (C=O) groups excluding carboxylic acids is 3. The topological polar surface area (TPSA) is 164 Å². The number of ether oxygens (including phenoxy) is 1. The van der Waals surface area contributed by atoms with E-state index in [2.05, 4.69) is 40.7 Å². The first-order chi connectivity index (χ1) is 24.7. The first kappa shape index (κ1) is 43.3. The zero-order chi connectivity index (χ0) is 38.4. The minimum atomic E-state index is -4.00. The zero-order valence-electron chi connectivity index (χ0n) is 32.2. The maximum Gasteiger partial charge on any atom is 0.284 e. The molecule has 2 aromatic rings. The summed E-state index contributed by atoms with van der Waals surface area (Å²) in [6.07, 6.45) is 7.31. The Balaban J connectivity index is 1.87. The number of nitrogens with zero attached hydrogens (tertiary/aromatic N) is 3. The number of benzene rings is 1. The van der Waals surface area contributed by atoms with Gasteiger partial charge in [0.1, 0.15) is 22.7 Å². The smallest absolute Gasteiger partial charge is 0.284 e. The van der Waals surface area contributed by atoms with E-state index >= 15 is 0 Å². The Morgan fingerprint density at radius 2 is 1.79 bits per heavy atom. The Morgan fingerprint density at radius 1 is 1.08 bits per heavy atom. The van der Waals surface area contributed by atoms with E-state index in [-0.39, 0.29) is 47.3 Å². The number of likely N-dealkylation sites (tertiary alicyclic amines) is 1. The van der Waals surface area contributed by atoms with Gasteiger partial charge in [0.15, 0.2) is 0 Å². The molecule has 0 saturated carbocycles. The van der Waals surface area contributed by atoms with E-state index in [1.165, 1.54) is 16.7 Å². The van der Waals surface area contributed by atoms with Crippen LogP contribution in [0.3, 0.4) is 0 Å². The molecule has 14 heteroatoms. The van der Waals surface area contributed by atoms with E-state index in [1.54, 1.807) is 24.3 Å². The maximum atomic E-state index is 14.7. The lowest BCUT2D eigenvalue weighted by molar-refractivity contribution is -0.148. The number of nitrogens with two attached hydrogens (primary N) is 1. The third kappa shape index (κ3) is 12.8. The van der Waals surface area contributed by atoms with Crippen molar-refractivity contribution in [3.63, 3.8) is 0 Å². The van der Waals surface area contributed by atoms with Crippen molar-refractivity contribution >= 4 is 44.8 Å². The van der Waals surface area contributed by atoms with Gasteiger partial charge in [0, 0.05) is 36.7 Å². The molecule has 1 aliphatic rings. The standard InChI is InChI=1S/C38H62N6O6S2/c1-8-11-12-14-22-44(38(47)34(27(6)9-2)36(46)41-33-16-13-15-21-43(33)7)31(26(4)5)23-32(50-10-3)37-40-30(24-51-37)35(45)42-52(48,49)25-28-17-19-29(39)20-18-28/h17-20,24,26-27,31-34H,8-16,21-23,25,39H2,1-7H3,(H,41,46)(H,42,45)/t27-,31+,32+,33+,34-/m0/s1. The molecule has 52 heavy (non-hydrogen) atoms. The molecular formula is C38H62N6O6S2. The highest BCUT2D eigenvalue weighted by Crippen LogP contribution is 2.33. The second kappa shape index (κ2) is 21.0. The predicted molar refractivity (Wildman–Crippen MR) is 208 cm³/mol. The minimum Gasteiger partial charge on any atom is -0.399 e. The number of thiazole rings is 1. The van der Waals surface area contributed by atoms with Crippen molar-refractivity contribution in [2.75, 3.05) is 32.5 Å². The fourth-order valence-corrected chi connectivity index (χ4v) is 8.66. The van der Waals surface area contributed by atoms with Crippen LogP contribution < -0.4 is 15.8 Å². The predicted octanol–water partition coefficient (Wildman–Crippen LogP) is 6.11. The number of sulfonamides is 1. The van der Waals surface area contributed by atoms with Gasteiger partial charge in [-0.2, -0.15) is 0 Å². The highest BCUT2D eigenvalue weighted by molar-refractivity contribution is 7.89. The third-order valence-electron chi connectivity index (χ3n) is 9.98. The number of nitrogen functional groups attached to an aromatic ring is 1. The monoisotopic (exact) mass is 762 g/mol. The minimum absolute atomic E-state index is 0.0180. The lowest BCUT2D eigenvalue weighted by Gasteiger charge is -2.40. The molecule has 1 aliphatic heterocycles. The van der Waals surface area contributed by atoms with E-state index in [0.29, 0.717) is 42.3 Å². The molecular weight excluding hydrogens is 701 g/mol. The molecule has 0 spiro atoms. The maximum absolute atomic E-state index is 14.7. The summed E-state index contributed by atoms with van der Waals surface area (Å²) in [5.74, 6) is -2.57. The number of nitrogens with one attached hydrogen (secondary N) is 2. The molecule has 0 radical (unpaired) electrons. The van der Waals surface area contributed by atoms with Crippen molar-refractivity contribution < 1.29 is 27.5 Å². The van der Waals surface area contributed by atoms with E-state index in [9.17, 15) is 22.8 Å². The summed E-state index contributed by atoms with van der Waals surface area (Å²) in [7, 11) is -1.99. The largest absolute Gasteiger partial charge is 0.399 e. The summed E-state index contributed by atoms with van der Waals surface area (Å²) in [5, 5.41) is 5.26. The third-order valence-corrected chi connectivity index (χ3v) is 12.1. The molecule has 0 aliphatic carbocycles. The summed E-state index contributed by atoms with van der Waals surface area (Å²) < 4.78 is 34.0. The van der Waals surface area contributed by atoms with Gasteiger partial charge in [0.05, 0.1) is 11.9 Å². The Hall–Kier alpha value is -3.07. The summed E-state index contributed by atoms with van der Waals surface area (Å²) in [6, 6.07) is 6.12. The van der Waals surface area contributed by atoms with Gasteiger partial charge in [0.25, 0.3) is 5.91 Å².